The number of amides is 1. The molecule has 1 amide bonds. The van der Waals surface area contributed by atoms with Crippen molar-refractivity contribution < 1.29 is 9.53 Å². The highest BCUT2D eigenvalue weighted by atomic mass is 16.5. The summed E-state index contributed by atoms with van der Waals surface area (Å²) in [6, 6.07) is 9.49. The average molecular weight is 313 g/mol. The Morgan fingerprint density at radius 3 is 2.78 bits per heavy atom. The minimum atomic E-state index is 0.536. The average Bonchev–Trinajstić information content (AvgIpc) is 2.62. The van der Waals surface area contributed by atoms with Gasteiger partial charge in [0.15, 0.2) is 0 Å². The molecule has 1 aliphatic heterocycles. The molecule has 0 spiro atoms. The van der Waals surface area contributed by atoms with Crippen molar-refractivity contribution in [3.8, 4) is 5.75 Å². The minimum absolute atomic E-state index is 0.536. The van der Waals surface area contributed by atoms with Gasteiger partial charge in [0.1, 0.15) is 11.6 Å². The summed E-state index contributed by atoms with van der Waals surface area (Å²) < 4.78 is 5.21. The maximum absolute atomic E-state index is 10.8. The maximum atomic E-state index is 10.8. The molecule has 0 radical (unpaired) electrons. The van der Waals surface area contributed by atoms with E-state index in [1.165, 1.54) is 0 Å². The quantitative estimate of drug-likeness (QED) is 0.844. The molecule has 1 aromatic heterocycles. The van der Waals surface area contributed by atoms with Crippen LogP contribution in [0, 0.1) is 0 Å². The first-order valence-electron chi connectivity index (χ1n) is 7.47. The first-order chi connectivity index (χ1) is 11.3. The SMILES string of the molecule is COc1cccc(Nc2nccc(N3CCN(C=O)CC3)n2)c1. The summed E-state index contributed by atoms with van der Waals surface area (Å²) in [5, 5.41) is 3.18. The summed E-state index contributed by atoms with van der Waals surface area (Å²) in [6.07, 6.45) is 2.63. The van der Waals surface area contributed by atoms with E-state index < -0.39 is 0 Å². The number of hydrogen-bond acceptors (Lipinski definition) is 6. The van der Waals surface area contributed by atoms with E-state index in [2.05, 4.69) is 20.2 Å². The molecule has 0 aliphatic carbocycles. The number of hydrogen-bond donors (Lipinski definition) is 1. The fourth-order valence-corrected chi connectivity index (χ4v) is 2.47. The van der Waals surface area contributed by atoms with Crippen LogP contribution in [-0.2, 0) is 4.79 Å². The molecule has 0 bridgehead atoms. The number of anilines is 3. The molecular weight excluding hydrogens is 294 g/mol. The van der Waals surface area contributed by atoms with Crippen LogP contribution >= 0.6 is 0 Å². The van der Waals surface area contributed by atoms with Gasteiger partial charge < -0.3 is 19.9 Å². The molecule has 120 valence electrons. The van der Waals surface area contributed by atoms with Crippen LogP contribution < -0.4 is 15.0 Å². The standard InChI is InChI=1S/C16H19N5O2/c1-23-14-4-2-3-13(11-14)18-16-17-6-5-15(19-16)21-9-7-20(12-22)8-10-21/h2-6,11-12H,7-10H2,1H3,(H,17,18,19). The Morgan fingerprint density at radius 2 is 2.04 bits per heavy atom. The molecule has 1 aromatic carbocycles. The molecule has 1 aliphatic rings. The van der Waals surface area contributed by atoms with Gasteiger partial charge in [-0.05, 0) is 18.2 Å². The molecule has 0 unspecified atom stereocenters. The van der Waals surface area contributed by atoms with Crippen molar-refractivity contribution in [2.45, 2.75) is 0 Å². The predicted octanol–water partition coefficient (Wildman–Crippen LogP) is 1.51. The number of carbonyl (C=O) groups is 1. The Bertz CT molecular complexity index is 671. The highest BCUT2D eigenvalue weighted by molar-refractivity contribution is 5.57. The predicted molar refractivity (Wildman–Crippen MR) is 88.2 cm³/mol. The Balaban J connectivity index is 1.71. The molecule has 2 aromatic rings. The van der Waals surface area contributed by atoms with Crippen LogP contribution in [0.5, 0.6) is 5.75 Å². The monoisotopic (exact) mass is 313 g/mol. The Hall–Kier alpha value is -2.83. The summed E-state index contributed by atoms with van der Waals surface area (Å²) in [5.74, 6) is 2.17. The lowest BCUT2D eigenvalue weighted by Crippen LogP contribution is -2.46. The zero-order valence-corrected chi connectivity index (χ0v) is 13.0. The van der Waals surface area contributed by atoms with Crippen LogP contribution in [-0.4, -0.2) is 54.6 Å². The van der Waals surface area contributed by atoms with Gasteiger partial charge in [0.25, 0.3) is 0 Å². The number of benzene rings is 1. The Morgan fingerprint density at radius 1 is 1.22 bits per heavy atom. The van der Waals surface area contributed by atoms with Crippen LogP contribution in [0.15, 0.2) is 36.5 Å². The van der Waals surface area contributed by atoms with E-state index in [0.717, 1.165) is 36.8 Å². The molecule has 1 saturated heterocycles. The van der Waals surface area contributed by atoms with E-state index in [4.69, 9.17) is 4.74 Å². The molecule has 1 N–H and O–H groups in total. The van der Waals surface area contributed by atoms with Crippen LogP contribution in [0.1, 0.15) is 0 Å². The first-order valence-corrected chi connectivity index (χ1v) is 7.47. The number of ether oxygens (including phenoxy) is 1. The number of rotatable bonds is 5. The Labute approximate surface area is 134 Å². The summed E-state index contributed by atoms with van der Waals surface area (Å²) in [6.45, 7) is 2.97. The summed E-state index contributed by atoms with van der Waals surface area (Å²) >= 11 is 0. The van der Waals surface area contributed by atoms with E-state index in [1.54, 1.807) is 18.2 Å². The van der Waals surface area contributed by atoms with Gasteiger partial charge in [-0.1, -0.05) is 6.07 Å². The van der Waals surface area contributed by atoms with Crippen molar-refractivity contribution >= 4 is 23.9 Å². The van der Waals surface area contributed by atoms with Crippen molar-refractivity contribution in [3.05, 3.63) is 36.5 Å². The number of nitrogens with zero attached hydrogens (tertiary/aromatic N) is 4. The lowest BCUT2D eigenvalue weighted by Gasteiger charge is -2.33. The fourth-order valence-electron chi connectivity index (χ4n) is 2.47. The van der Waals surface area contributed by atoms with E-state index in [9.17, 15) is 4.79 Å². The summed E-state index contributed by atoms with van der Waals surface area (Å²) in [7, 11) is 1.63. The summed E-state index contributed by atoms with van der Waals surface area (Å²) in [4.78, 5) is 23.5. The molecular formula is C16H19N5O2. The van der Waals surface area contributed by atoms with Crippen molar-refractivity contribution in [2.24, 2.45) is 0 Å². The topological polar surface area (TPSA) is 70.6 Å². The van der Waals surface area contributed by atoms with Crippen molar-refractivity contribution in [1.82, 2.24) is 14.9 Å². The van der Waals surface area contributed by atoms with Gasteiger partial charge in [-0.3, -0.25) is 4.79 Å². The van der Waals surface area contributed by atoms with Crippen LogP contribution in [0.3, 0.4) is 0 Å². The molecule has 23 heavy (non-hydrogen) atoms. The zero-order valence-electron chi connectivity index (χ0n) is 13.0. The van der Waals surface area contributed by atoms with Gasteiger partial charge in [-0.2, -0.15) is 4.98 Å². The highest BCUT2D eigenvalue weighted by Crippen LogP contribution is 2.21. The second kappa shape index (κ2) is 6.95. The Kier molecular flexibility index (Phi) is 4.56. The van der Waals surface area contributed by atoms with E-state index in [1.807, 2.05) is 30.3 Å². The lowest BCUT2D eigenvalue weighted by molar-refractivity contribution is -0.118. The third-order valence-corrected chi connectivity index (χ3v) is 3.75. The molecule has 7 nitrogen and oxygen atoms in total. The third kappa shape index (κ3) is 3.68. The van der Waals surface area contributed by atoms with Gasteiger partial charge in [0, 0.05) is 44.1 Å². The summed E-state index contributed by atoms with van der Waals surface area (Å²) in [5.41, 5.74) is 0.868. The normalized spacial score (nSPS) is 14.5. The third-order valence-electron chi connectivity index (χ3n) is 3.75. The smallest absolute Gasteiger partial charge is 0.229 e. The van der Waals surface area contributed by atoms with Gasteiger partial charge >= 0.3 is 0 Å². The van der Waals surface area contributed by atoms with Gasteiger partial charge in [0.05, 0.1) is 7.11 Å². The first kappa shape index (κ1) is 15.1. The highest BCUT2D eigenvalue weighted by Gasteiger charge is 2.17. The van der Waals surface area contributed by atoms with Gasteiger partial charge in [0.2, 0.25) is 12.4 Å². The number of piperazine rings is 1. The lowest BCUT2D eigenvalue weighted by atomic mass is 10.3. The second-order valence-electron chi connectivity index (χ2n) is 5.22. The van der Waals surface area contributed by atoms with Gasteiger partial charge in [-0.15, -0.1) is 0 Å². The van der Waals surface area contributed by atoms with Crippen LogP contribution in [0.4, 0.5) is 17.5 Å². The number of methoxy groups -OCH3 is 1. The van der Waals surface area contributed by atoms with Crippen molar-refractivity contribution in [1.29, 1.82) is 0 Å². The zero-order chi connectivity index (χ0) is 16.1. The van der Waals surface area contributed by atoms with Crippen LogP contribution in [0.25, 0.3) is 0 Å². The number of nitrogens with one attached hydrogen (secondary N) is 1. The molecule has 0 saturated carbocycles. The molecule has 1 fully saturated rings. The molecule has 2 heterocycles. The largest absolute Gasteiger partial charge is 0.497 e. The maximum Gasteiger partial charge on any atom is 0.229 e. The van der Waals surface area contributed by atoms with Crippen molar-refractivity contribution in [2.75, 3.05) is 43.5 Å². The number of aromatic nitrogens is 2. The van der Waals surface area contributed by atoms with E-state index in [0.29, 0.717) is 19.0 Å². The molecule has 7 heteroatoms. The molecule has 3 rings (SSSR count). The van der Waals surface area contributed by atoms with Crippen molar-refractivity contribution in [3.63, 3.8) is 0 Å². The van der Waals surface area contributed by atoms with Gasteiger partial charge in [-0.25, -0.2) is 4.98 Å². The second-order valence-corrected chi connectivity index (χ2v) is 5.22. The van der Waals surface area contributed by atoms with E-state index >= 15 is 0 Å². The van der Waals surface area contributed by atoms with E-state index in [-0.39, 0.29) is 0 Å². The fraction of sp³-hybridized carbons (Fsp3) is 0.312. The number of carbonyl (C=O) groups excluding carboxylic acids is 1. The van der Waals surface area contributed by atoms with Crippen LogP contribution in [0.2, 0.25) is 0 Å². The minimum Gasteiger partial charge on any atom is -0.497 e. The molecule has 0 atom stereocenters.